The first-order valence-corrected chi connectivity index (χ1v) is 9.56. The fraction of sp³-hybridized carbons (Fsp3) is 0.524. The van der Waals surface area contributed by atoms with Crippen molar-refractivity contribution in [3.05, 3.63) is 48.0 Å². The highest BCUT2D eigenvalue weighted by Crippen LogP contribution is 2.22. The van der Waals surface area contributed by atoms with Crippen molar-refractivity contribution >= 4 is 11.6 Å². The van der Waals surface area contributed by atoms with E-state index in [-0.39, 0.29) is 0 Å². The molecule has 134 valence electrons. The fourth-order valence-corrected chi connectivity index (χ4v) is 3.49. The van der Waals surface area contributed by atoms with Crippen LogP contribution in [0, 0.1) is 0 Å². The molecule has 0 aliphatic carbocycles. The van der Waals surface area contributed by atoms with Crippen molar-refractivity contribution in [2.75, 3.05) is 18.0 Å². The summed E-state index contributed by atoms with van der Waals surface area (Å²) < 4.78 is 5.30. The molecule has 2 aromatic rings. The van der Waals surface area contributed by atoms with Crippen LogP contribution in [-0.4, -0.2) is 23.9 Å². The Labute approximate surface area is 150 Å². The number of aromatic nitrogens is 1. The van der Waals surface area contributed by atoms with Crippen LogP contribution in [0.2, 0.25) is 0 Å². The lowest BCUT2D eigenvalue weighted by Crippen LogP contribution is -2.29. The minimum absolute atomic E-state index is 0.291. The molecule has 1 fully saturated rings. The summed E-state index contributed by atoms with van der Waals surface area (Å²) in [5.41, 5.74) is 1.20. The fourth-order valence-electron chi connectivity index (χ4n) is 3.49. The van der Waals surface area contributed by atoms with Gasteiger partial charge in [-0.1, -0.05) is 25.3 Å². The molecule has 2 aromatic heterocycles. The summed E-state index contributed by atoms with van der Waals surface area (Å²) >= 11 is 0. The maximum atomic E-state index is 12.2. The van der Waals surface area contributed by atoms with Crippen molar-refractivity contribution < 1.29 is 9.21 Å². The molecule has 3 rings (SSSR count). The van der Waals surface area contributed by atoms with Crippen LogP contribution in [0.4, 0.5) is 5.82 Å². The largest absolute Gasteiger partial charge is 0.469 e. The number of hydrogen-bond donors (Lipinski definition) is 0. The Hall–Kier alpha value is -2.10. The molecule has 0 amide bonds. The van der Waals surface area contributed by atoms with Crippen LogP contribution in [0.3, 0.4) is 0 Å². The molecule has 0 unspecified atom stereocenters. The quantitative estimate of drug-likeness (QED) is 0.740. The van der Waals surface area contributed by atoms with Gasteiger partial charge in [-0.25, -0.2) is 4.98 Å². The van der Waals surface area contributed by atoms with Gasteiger partial charge >= 0.3 is 0 Å². The van der Waals surface area contributed by atoms with Gasteiger partial charge in [0.15, 0.2) is 0 Å². The summed E-state index contributed by atoms with van der Waals surface area (Å²) in [6.07, 6.45) is 12.6. The molecule has 0 atom stereocenters. The number of rotatable bonds is 7. The monoisotopic (exact) mass is 340 g/mol. The minimum atomic E-state index is 0.291. The number of carbonyl (C=O) groups is 1. The molecule has 0 radical (unpaired) electrons. The predicted octanol–water partition coefficient (Wildman–Crippen LogP) is 4.58. The number of Topliss-reactive ketones (excluding diaryl/α,β-unsaturated/α-hetero) is 1. The van der Waals surface area contributed by atoms with Gasteiger partial charge in [-0.3, -0.25) is 4.79 Å². The molecule has 0 spiro atoms. The Morgan fingerprint density at radius 1 is 1.00 bits per heavy atom. The van der Waals surface area contributed by atoms with E-state index in [9.17, 15) is 4.79 Å². The number of aryl methyl sites for hydroxylation is 2. The topological polar surface area (TPSA) is 46.3 Å². The van der Waals surface area contributed by atoms with Crippen molar-refractivity contribution in [3.8, 4) is 0 Å². The normalized spacial score (nSPS) is 15.6. The number of ketones is 1. The lowest BCUT2D eigenvalue weighted by Gasteiger charge is -2.27. The minimum Gasteiger partial charge on any atom is -0.469 e. The van der Waals surface area contributed by atoms with Crippen LogP contribution in [0.1, 0.15) is 56.3 Å². The number of anilines is 1. The molecule has 4 heteroatoms. The molecular weight excluding hydrogens is 312 g/mol. The Bertz CT molecular complexity index is 644. The number of hydrogen-bond acceptors (Lipinski definition) is 4. The van der Waals surface area contributed by atoms with Crippen LogP contribution in [0.25, 0.3) is 0 Å². The zero-order valence-electron chi connectivity index (χ0n) is 15.0. The molecule has 0 saturated carbocycles. The van der Waals surface area contributed by atoms with Gasteiger partial charge in [0.2, 0.25) is 0 Å². The maximum absolute atomic E-state index is 12.2. The molecule has 3 heterocycles. The van der Waals surface area contributed by atoms with Gasteiger partial charge in [0.25, 0.3) is 0 Å². The number of pyridine rings is 1. The summed E-state index contributed by atoms with van der Waals surface area (Å²) in [5.74, 6) is 2.26. The first-order chi connectivity index (χ1) is 12.3. The second kappa shape index (κ2) is 9.40. The van der Waals surface area contributed by atoms with E-state index in [4.69, 9.17) is 4.42 Å². The third kappa shape index (κ3) is 5.45. The van der Waals surface area contributed by atoms with Crippen LogP contribution >= 0.6 is 0 Å². The van der Waals surface area contributed by atoms with E-state index in [2.05, 4.69) is 16.0 Å². The first kappa shape index (κ1) is 17.7. The van der Waals surface area contributed by atoms with Gasteiger partial charge in [-0.15, -0.1) is 0 Å². The SMILES string of the molecule is O=C(CCc1ccco1)CCc1cccnc1N1CCCCCCC1. The Kier molecular flexibility index (Phi) is 6.66. The van der Waals surface area contributed by atoms with Gasteiger partial charge in [0.1, 0.15) is 17.4 Å². The summed E-state index contributed by atoms with van der Waals surface area (Å²) in [5, 5.41) is 0. The van der Waals surface area contributed by atoms with Gasteiger partial charge in [-0.2, -0.15) is 0 Å². The second-order valence-electron chi connectivity index (χ2n) is 6.86. The van der Waals surface area contributed by atoms with Crippen molar-refractivity contribution in [3.63, 3.8) is 0 Å². The predicted molar refractivity (Wildman–Crippen MR) is 99.9 cm³/mol. The van der Waals surface area contributed by atoms with Crippen LogP contribution in [0.5, 0.6) is 0 Å². The second-order valence-corrected chi connectivity index (χ2v) is 6.86. The van der Waals surface area contributed by atoms with Gasteiger partial charge in [-0.05, 0) is 43.0 Å². The highest BCUT2D eigenvalue weighted by molar-refractivity contribution is 5.79. The van der Waals surface area contributed by atoms with E-state index in [1.54, 1.807) is 6.26 Å². The standard InChI is InChI=1S/C21H28N2O2/c24-19(12-13-20-9-7-17-25-20)11-10-18-8-6-14-22-21(18)23-15-4-2-1-3-5-16-23/h6-9,14,17H,1-5,10-13,15-16H2. The number of nitrogens with zero attached hydrogens (tertiary/aromatic N) is 2. The first-order valence-electron chi connectivity index (χ1n) is 9.56. The third-order valence-corrected chi connectivity index (χ3v) is 4.93. The van der Waals surface area contributed by atoms with Crippen molar-refractivity contribution in [1.29, 1.82) is 0 Å². The van der Waals surface area contributed by atoms with Gasteiger partial charge in [0.05, 0.1) is 6.26 Å². The van der Waals surface area contributed by atoms with Crippen LogP contribution in [-0.2, 0) is 17.6 Å². The summed E-state index contributed by atoms with van der Waals surface area (Å²) in [6, 6.07) is 7.90. The van der Waals surface area contributed by atoms with E-state index >= 15 is 0 Å². The summed E-state index contributed by atoms with van der Waals surface area (Å²) in [7, 11) is 0. The zero-order chi connectivity index (χ0) is 17.3. The summed E-state index contributed by atoms with van der Waals surface area (Å²) in [6.45, 7) is 2.16. The Morgan fingerprint density at radius 2 is 1.76 bits per heavy atom. The molecule has 0 aromatic carbocycles. The number of furan rings is 1. The van der Waals surface area contributed by atoms with E-state index in [0.29, 0.717) is 25.0 Å². The molecule has 0 N–H and O–H groups in total. The molecular formula is C21H28N2O2. The van der Waals surface area contributed by atoms with Gasteiger partial charge in [0, 0.05) is 38.5 Å². The highest BCUT2D eigenvalue weighted by atomic mass is 16.3. The maximum Gasteiger partial charge on any atom is 0.133 e. The Morgan fingerprint density at radius 3 is 2.52 bits per heavy atom. The van der Waals surface area contributed by atoms with Gasteiger partial charge < -0.3 is 9.32 Å². The average Bonchev–Trinajstić information content (AvgIpc) is 3.12. The molecule has 4 nitrogen and oxygen atoms in total. The molecule has 1 saturated heterocycles. The van der Waals surface area contributed by atoms with Crippen molar-refractivity contribution in [2.24, 2.45) is 0 Å². The molecule has 0 bridgehead atoms. The highest BCUT2D eigenvalue weighted by Gasteiger charge is 2.15. The molecule has 25 heavy (non-hydrogen) atoms. The van der Waals surface area contributed by atoms with Crippen LogP contribution < -0.4 is 4.90 Å². The summed E-state index contributed by atoms with van der Waals surface area (Å²) in [4.78, 5) is 19.3. The molecule has 1 aliphatic heterocycles. The lowest BCUT2D eigenvalue weighted by molar-refractivity contribution is -0.119. The molecule has 1 aliphatic rings. The third-order valence-electron chi connectivity index (χ3n) is 4.93. The van der Waals surface area contributed by atoms with Crippen molar-refractivity contribution in [2.45, 2.75) is 57.8 Å². The average molecular weight is 340 g/mol. The smallest absolute Gasteiger partial charge is 0.133 e. The zero-order valence-corrected chi connectivity index (χ0v) is 15.0. The van der Waals surface area contributed by atoms with E-state index < -0.39 is 0 Å². The van der Waals surface area contributed by atoms with Crippen molar-refractivity contribution in [1.82, 2.24) is 4.98 Å². The number of carbonyl (C=O) groups excluding carboxylic acids is 1. The lowest BCUT2D eigenvalue weighted by atomic mass is 10.0. The Balaban J connectivity index is 1.55. The van der Waals surface area contributed by atoms with Crippen LogP contribution in [0.15, 0.2) is 41.1 Å². The van der Waals surface area contributed by atoms with E-state index in [1.807, 2.05) is 24.4 Å². The van der Waals surface area contributed by atoms with E-state index in [1.165, 1.54) is 37.7 Å². The van der Waals surface area contributed by atoms with E-state index in [0.717, 1.165) is 31.1 Å².